The summed E-state index contributed by atoms with van der Waals surface area (Å²) < 4.78 is 22.9. The van der Waals surface area contributed by atoms with Gasteiger partial charge in [-0.2, -0.15) is 0 Å². The summed E-state index contributed by atoms with van der Waals surface area (Å²) in [5.41, 5.74) is 0. The highest BCUT2D eigenvalue weighted by Gasteiger charge is 2.51. The van der Waals surface area contributed by atoms with E-state index in [0.717, 1.165) is 122 Å². The predicted octanol–water partition coefficient (Wildman–Crippen LogP) is 19.7. The molecule has 2 fully saturated rings. The molecule has 2 rings (SSSR count). The fourth-order valence-electron chi connectivity index (χ4n) is 13.0. The SMILES string of the molecule is CC/C=C\C/C=C\C/C=C\C/C=C\C/C=C\C/C=C\C/C=C\C/C=C\C/C=C\C/C=C\CCCCCCCCC(=O)NC(COC1OC(CO)C(OC2OC(CO)C(O)C(O)C2O)C(O)C1O)C(O)/C=C/CCCCCCCCCCCCCCCCCCCCCCCCCCCCCCCC. The lowest BCUT2D eigenvalue weighted by atomic mass is 9.97. The highest BCUT2D eigenvalue weighted by atomic mass is 16.7. The summed E-state index contributed by atoms with van der Waals surface area (Å²) in [5, 5.41) is 87.8. The predicted molar refractivity (Wildman–Crippen MR) is 428 cm³/mol. The number of allylic oxidation sites excluding steroid dienone is 21. The molecule has 2 aliphatic heterocycles. The molecule has 0 spiro atoms. The smallest absolute Gasteiger partial charge is 0.220 e. The number of carbonyl (C=O) groups is 1. The van der Waals surface area contributed by atoms with Crippen molar-refractivity contribution < 1.29 is 64.6 Å². The molecule has 2 saturated heterocycles. The van der Waals surface area contributed by atoms with E-state index in [1.165, 1.54) is 180 Å². The monoisotopic (exact) mass is 1440 g/mol. The molecular formula is C89H153NO13. The van der Waals surface area contributed by atoms with Crippen molar-refractivity contribution in [2.45, 2.75) is 402 Å². The van der Waals surface area contributed by atoms with Gasteiger partial charge in [0.1, 0.15) is 48.8 Å². The summed E-state index contributed by atoms with van der Waals surface area (Å²) in [6.45, 7) is 2.71. The number of hydrogen-bond donors (Lipinski definition) is 9. The maximum Gasteiger partial charge on any atom is 0.220 e. The Balaban J connectivity index is 1.63. The van der Waals surface area contributed by atoms with Crippen molar-refractivity contribution >= 4 is 5.91 Å². The number of rotatable bonds is 69. The van der Waals surface area contributed by atoms with Crippen molar-refractivity contribution in [3.05, 3.63) is 134 Å². The Bertz CT molecular complexity index is 2250. The molecule has 592 valence electrons. The Morgan fingerprint density at radius 1 is 0.359 bits per heavy atom. The van der Waals surface area contributed by atoms with Gasteiger partial charge in [-0.1, -0.05) is 359 Å². The summed E-state index contributed by atoms with van der Waals surface area (Å²) in [6.07, 6.45) is 89.6. The van der Waals surface area contributed by atoms with E-state index in [1.807, 2.05) is 6.08 Å². The minimum atomic E-state index is -1.80. The standard InChI is InChI=1S/C89H153NO13/c1-3-5-7-9-11-13-15-17-19-21-23-25-27-29-31-33-35-37-38-39-40-41-43-45-47-49-51-53-55-57-59-61-63-65-67-69-71-73-81(94)90-77(76-100-88-86(99)84(97)87(80(75-92)102-88)103-89-85(98)83(96)82(95)79(74-91)101-89)78(93)72-70-68-66-64-62-60-58-56-54-52-50-48-46-44-42-36-34-32-30-28-26-24-22-20-18-16-14-12-10-8-6-4-2/h5,7,11,13,17,19,23,25,29,31,35,37,39-40,43,45,49,51,55,57,70,72,77-80,82-89,91-93,95-99H,3-4,6,8-10,12,14-16,18,20-22,24,26-28,30,32-34,36,38,41-42,44,46-48,50,52-54,56,58-69,71,73-76H2,1-2H3,(H,90,94)/b7-5-,13-11-,19-17-,25-23-,31-29-,37-35-,40-39-,45-43-,51-49-,57-55-,72-70+. The molecule has 0 saturated carbocycles. The minimum Gasteiger partial charge on any atom is -0.394 e. The lowest BCUT2D eigenvalue weighted by Gasteiger charge is -2.46. The average Bonchev–Trinajstić information content (AvgIpc) is 0.791. The van der Waals surface area contributed by atoms with Crippen LogP contribution < -0.4 is 5.32 Å². The quantitative estimate of drug-likeness (QED) is 0.0204. The van der Waals surface area contributed by atoms with Crippen molar-refractivity contribution in [3.8, 4) is 0 Å². The van der Waals surface area contributed by atoms with E-state index in [-0.39, 0.29) is 18.9 Å². The average molecular weight is 1450 g/mol. The first-order chi connectivity index (χ1) is 50.6. The molecule has 0 aromatic heterocycles. The van der Waals surface area contributed by atoms with Crippen LogP contribution in [-0.2, 0) is 23.7 Å². The van der Waals surface area contributed by atoms with Gasteiger partial charge in [0.2, 0.25) is 5.91 Å². The molecule has 12 atom stereocenters. The zero-order chi connectivity index (χ0) is 74.4. The van der Waals surface area contributed by atoms with Crippen molar-refractivity contribution in [2.75, 3.05) is 19.8 Å². The first kappa shape index (κ1) is 95.2. The Labute approximate surface area is 628 Å². The molecule has 1 amide bonds. The van der Waals surface area contributed by atoms with Crippen LogP contribution in [0, 0.1) is 0 Å². The van der Waals surface area contributed by atoms with Crippen LogP contribution in [0.15, 0.2) is 134 Å². The van der Waals surface area contributed by atoms with Crippen molar-refractivity contribution in [1.29, 1.82) is 0 Å². The first-order valence-corrected chi connectivity index (χ1v) is 41.9. The van der Waals surface area contributed by atoms with Gasteiger partial charge in [-0.15, -0.1) is 0 Å². The molecule has 0 radical (unpaired) electrons. The van der Waals surface area contributed by atoms with Crippen LogP contribution >= 0.6 is 0 Å². The Morgan fingerprint density at radius 2 is 0.670 bits per heavy atom. The number of ether oxygens (including phenoxy) is 4. The van der Waals surface area contributed by atoms with E-state index in [0.29, 0.717) is 6.42 Å². The van der Waals surface area contributed by atoms with Gasteiger partial charge in [0, 0.05) is 6.42 Å². The van der Waals surface area contributed by atoms with Crippen LogP contribution in [0.4, 0.5) is 0 Å². The van der Waals surface area contributed by atoms with Crippen LogP contribution in [0.1, 0.15) is 328 Å². The van der Waals surface area contributed by atoms with Crippen LogP contribution in [0.2, 0.25) is 0 Å². The van der Waals surface area contributed by atoms with Gasteiger partial charge in [0.05, 0.1) is 32.0 Å². The first-order valence-electron chi connectivity index (χ1n) is 41.9. The van der Waals surface area contributed by atoms with Gasteiger partial charge in [0.15, 0.2) is 12.6 Å². The number of amides is 1. The Hall–Kier alpha value is -3.87. The Morgan fingerprint density at radius 3 is 1.03 bits per heavy atom. The molecule has 9 N–H and O–H groups in total. The lowest BCUT2D eigenvalue weighted by molar-refractivity contribution is -0.359. The highest BCUT2D eigenvalue weighted by molar-refractivity contribution is 5.76. The Kier molecular flexibility index (Phi) is 65.7. The maximum absolute atomic E-state index is 13.4. The molecule has 14 nitrogen and oxygen atoms in total. The lowest BCUT2D eigenvalue weighted by Crippen LogP contribution is -2.65. The normalized spacial score (nSPS) is 22.3. The van der Waals surface area contributed by atoms with Gasteiger partial charge in [-0.3, -0.25) is 4.79 Å². The number of hydrogen-bond acceptors (Lipinski definition) is 13. The van der Waals surface area contributed by atoms with Gasteiger partial charge < -0.3 is 65.1 Å². The van der Waals surface area contributed by atoms with E-state index in [1.54, 1.807) is 6.08 Å². The summed E-state index contributed by atoms with van der Waals surface area (Å²) in [6, 6.07) is -0.935. The van der Waals surface area contributed by atoms with Crippen LogP contribution in [-0.4, -0.2) is 140 Å². The number of carbonyl (C=O) groups excluding carboxylic acids is 1. The minimum absolute atomic E-state index is 0.255. The second kappa shape index (κ2) is 71.1. The van der Waals surface area contributed by atoms with E-state index in [9.17, 15) is 45.6 Å². The summed E-state index contributed by atoms with van der Waals surface area (Å²) >= 11 is 0. The van der Waals surface area contributed by atoms with E-state index in [2.05, 4.69) is 141 Å². The molecule has 0 aliphatic carbocycles. The topological polar surface area (TPSA) is 228 Å². The highest BCUT2D eigenvalue weighted by Crippen LogP contribution is 2.30. The third kappa shape index (κ3) is 53.6. The van der Waals surface area contributed by atoms with Gasteiger partial charge in [0.25, 0.3) is 0 Å². The third-order valence-corrected chi connectivity index (χ3v) is 19.6. The largest absolute Gasteiger partial charge is 0.394 e. The van der Waals surface area contributed by atoms with Gasteiger partial charge in [-0.05, 0) is 96.3 Å². The van der Waals surface area contributed by atoms with Gasteiger partial charge in [-0.25, -0.2) is 0 Å². The molecule has 0 aromatic rings. The third-order valence-electron chi connectivity index (χ3n) is 19.6. The zero-order valence-corrected chi connectivity index (χ0v) is 65.0. The number of aliphatic hydroxyl groups excluding tert-OH is 8. The fraction of sp³-hybridized carbons (Fsp3) is 0.742. The van der Waals surface area contributed by atoms with Crippen LogP contribution in [0.25, 0.3) is 0 Å². The summed E-state index contributed by atoms with van der Waals surface area (Å²) in [5.74, 6) is -0.255. The molecule has 103 heavy (non-hydrogen) atoms. The molecule has 12 unspecified atom stereocenters. The van der Waals surface area contributed by atoms with Gasteiger partial charge >= 0.3 is 0 Å². The molecule has 2 aliphatic rings. The fourth-order valence-corrected chi connectivity index (χ4v) is 13.0. The second-order valence-corrected chi connectivity index (χ2v) is 28.9. The second-order valence-electron chi connectivity index (χ2n) is 28.9. The van der Waals surface area contributed by atoms with E-state index >= 15 is 0 Å². The molecule has 2 heterocycles. The summed E-state index contributed by atoms with van der Waals surface area (Å²) in [7, 11) is 0. The molecule has 0 aromatic carbocycles. The van der Waals surface area contributed by atoms with Crippen molar-refractivity contribution in [3.63, 3.8) is 0 Å². The maximum atomic E-state index is 13.4. The number of nitrogens with one attached hydrogen (secondary N) is 1. The zero-order valence-electron chi connectivity index (χ0n) is 65.0. The van der Waals surface area contributed by atoms with Crippen LogP contribution in [0.5, 0.6) is 0 Å². The van der Waals surface area contributed by atoms with E-state index in [4.69, 9.17) is 18.9 Å². The van der Waals surface area contributed by atoms with Crippen molar-refractivity contribution in [1.82, 2.24) is 5.32 Å². The number of unbranched alkanes of at least 4 members (excludes halogenated alkanes) is 36. The van der Waals surface area contributed by atoms with E-state index < -0.39 is 86.8 Å². The molecule has 14 heteroatoms. The van der Waals surface area contributed by atoms with Crippen LogP contribution in [0.3, 0.4) is 0 Å². The molecular weight excluding hydrogens is 1290 g/mol. The summed E-state index contributed by atoms with van der Waals surface area (Å²) in [4.78, 5) is 13.4. The number of aliphatic hydroxyl groups is 8. The van der Waals surface area contributed by atoms with Crippen molar-refractivity contribution in [2.24, 2.45) is 0 Å². The molecule has 0 bridgehead atoms.